The van der Waals surface area contributed by atoms with Gasteiger partial charge in [-0.25, -0.2) is 4.99 Å². The average Bonchev–Trinajstić information content (AvgIpc) is 3.13. The summed E-state index contributed by atoms with van der Waals surface area (Å²) in [6, 6.07) is 25.9. The van der Waals surface area contributed by atoms with Crippen LogP contribution in [0, 0.1) is 0 Å². The van der Waals surface area contributed by atoms with Crippen molar-refractivity contribution in [2.24, 2.45) is 4.99 Å². The zero-order chi connectivity index (χ0) is 23.9. The Bertz CT molecular complexity index is 1340. The number of carbonyl (C=O) groups is 1. The fourth-order valence-corrected chi connectivity index (χ4v) is 5.39. The van der Waals surface area contributed by atoms with Crippen LogP contribution in [0.15, 0.2) is 94.8 Å². The van der Waals surface area contributed by atoms with Crippen LogP contribution < -0.4 is 9.80 Å². The van der Waals surface area contributed by atoms with E-state index in [9.17, 15) is 4.79 Å². The number of carbonyl (C=O) groups excluding carboxylic acids is 1. The van der Waals surface area contributed by atoms with Crippen molar-refractivity contribution in [3.63, 3.8) is 0 Å². The number of amides is 1. The van der Waals surface area contributed by atoms with Gasteiger partial charge in [-0.15, -0.1) is 0 Å². The van der Waals surface area contributed by atoms with Gasteiger partial charge in [0, 0.05) is 18.3 Å². The fraction of sp³-hybridized carbons (Fsp3) is 0.172. The van der Waals surface area contributed by atoms with Gasteiger partial charge < -0.3 is 4.90 Å². The van der Waals surface area contributed by atoms with Gasteiger partial charge in [0.05, 0.1) is 21.8 Å². The number of likely N-dealkylation sites (N-methyl/N-ethyl adjacent to an activating group) is 1. The molecule has 0 bridgehead atoms. The molecule has 0 N–H and O–H groups in total. The van der Waals surface area contributed by atoms with Crippen molar-refractivity contribution in [3.8, 4) is 0 Å². The molecule has 1 amide bonds. The average molecular weight is 466 g/mol. The molecule has 0 aliphatic carbocycles. The molecule has 1 saturated heterocycles. The van der Waals surface area contributed by atoms with Gasteiger partial charge in [0.1, 0.15) is 0 Å². The number of nitrogens with zero attached hydrogens (tertiary/aromatic N) is 3. The predicted octanol–water partition coefficient (Wildman–Crippen LogP) is 7.13. The number of allylic oxidation sites excluding steroid dienone is 1. The highest BCUT2D eigenvalue weighted by molar-refractivity contribution is 8.19. The minimum absolute atomic E-state index is 0.0344. The molecule has 3 aromatic rings. The number of fused-ring (bicyclic) bond motifs is 1. The molecule has 0 aromatic heterocycles. The number of para-hydroxylation sites is 2. The van der Waals surface area contributed by atoms with Crippen molar-refractivity contribution >= 4 is 51.5 Å². The lowest BCUT2D eigenvalue weighted by molar-refractivity contribution is -0.113. The molecule has 2 aliphatic rings. The first-order chi connectivity index (χ1) is 16.3. The summed E-state index contributed by atoms with van der Waals surface area (Å²) >= 11 is 1.41. The van der Waals surface area contributed by atoms with E-state index in [1.165, 1.54) is 28.6 Å². The number of amidine groups is 1. The molecule has 5 rings (SSSR count). The topological polar surface area (TPSA) is 35.9 Å². The third-order valence-corrected chi connectivity index (χ3v) is 7.31. The molecule has 0 saturated carbocycles. The molecule has 2 aliphatic heterocycles. The Hall–Kier alpha value is -3.57. The van der Waals surface area contributed by atoms with Gasteiger partial charge in [-0.1, -0.05) is 48.5 Å². The summed E-state index contributed by atoms with van der Waals surface area (Å²) < 4.78 is 0. The van der Waals surface area contributed by atoms with Crippen LogP contribution in [0.25, 0.3) is 11.6 Å². The van der Waals surface area contributed by atoms with Crippen LogP contribution in [0.1, 0.15) is 31.9 Å². The standard InChI is InChI=1S/C29H27N3OS/c1-20-19-29(2,3)31(4)25-16-15-21(17-24(20)25)18-26-27(33)32(23-13-9-6-10-14-23)28(34-26)30-22-11-7-5-8-12-22/h5-19H,1-4H3/b26-18+,30-28?. The number of rotatable bonds is 3. The second kappa shape index (κ2) is 8.65. The van der Waals surface area contributed by atoms with E-state index in [1.54, 1.807) is 4.90 Å². The van der Waals surface area contributed by atoms with Gasteiger partial charge in [-0.2, -0.15) is 0 Å². The van der Waals surface area contributed by atoms with E-state index in [4.69, 9.17) is 4.99 Å². The third-order valence-electron chi connectivity index (χ3n) is 6.34. The van der Waals surface area contributed by atoms with Crippen LogP contribution >= 0.6 is 11.8 Å². The normalized spacial score (nSPS) is 19.5. The SMILES string of the molecule is CC1=CC(C)(C)N(C)c2ccc(/C=C3/SC(=Nc4ccccc4)N(c4ccccc4)C3=O)cc21. The van der Waals surface area contributed by atoms with Gasteiger partial charge in [-0.3, -0.25) is 9.69 Å². The Balaban J connectivity index is 1.55. The zero-order valence-electron chi connectivity index (χ0n) is 19.8. The largest absolute Gasteiger partial charge is 0.366 e. The van der Waals surface area contributed by atoms with Gasteiger partial charge in [0.2, 0.25) is 0 Å². The molecule has 0 unspecified atom stereocenters. The minimum Gasteiger partial charge on any atom is -0.366 e. The molecule has 4 nitrogen and oxygen atoms in total. The lowest BCUT2D eigenvalue weighted by atomic mass is 9.88. The van der Waals surface area contributed by atoms with Gasteiger partial charge >= 0.3 is 0 Å². The Kier molecular flexibility index (Phi) is 5.66. The summed E-state index contributed by atoms with van der Waals surface area (Å²) in [5.74, 6) is -0.0610. The molecule has 0 atom stereocenters. The number of hydrogen-bond acceptors (Lipinski definition) is 4. The highest BCUT2D eigenvalue weighted by Crippen LogP contribution is 2.40. The monoisotopic (exact) mass is 465 g/mol. The van der Waals surface area contributed by atoms with Crippen LogP contribution in [-0.2, 0) is 4.79 Å². The van der Waals surface area contributed by atoms with E-state index >= 15 is 0 Å². The van der Waals surface area contributed by atoms with E-state index in [-0.39, 0.29) is 11.4 Å². The van der Waals surface area contributed by atoms with Crippen molar-refractivity contribution in [1.82, 2.24) is 0 Å². The zero-order valence-corrected chi connectivity index (χ0v) is 20.6. The predicted molar refractivity (Wildman–Crippen MR) is 146 cm³/mol. The number of thioether (sulfide) groups is 1. The number of benzene rings is 3. The van der Waals surface area contributed by atoms with Crippen LogP contribution in [0.4, 0.5) is 17.1 Å². The van der Waals surface area contributed by atoms with E-state index < -0.39 is 0 Å². The molecule has 0 spiro atoms. The van der Waals surface area contributed by atoms with E-state index in [2.05, 4.69) is 57.0 Å². The maximum absolute atomic E-state index is 13.5. The molecule has 34 heavy (non-hydrogen) atoms. The maximum Gasteiger partial charge on any atom is 0.271 e. The van der Waals surface area contributed by atoms with Crippen molar-refractivity contribution in [3.05, 3.63) is 101 Å². The van der Waals surface area contributed by atoms with E-state index in [0.29, 0.717) is 10.1 Å². The Labute approximate surface area is 205 Å². The summed E-state index contributed by atoms with van der Waals surface area (Å²) in [6.07, 6.45) is 4.27. The minimum atomic E-state index is -0.0610. The third kappa shape index (κ3) is 4.08. The van der Waals surface area contributed by atoms with Gasteiger partial charge in [0.15, 0.2) is 5.17 Å². The van der Waals surface area contributed by atoms with Crippen LogP contribution in [0.5, 0.6) is 0 Å². The van der Waals surface area contributed by atoms with E-state index in [1.807, 2.05) is 66.7 Å². The van der Waals surface area contributed by atoms with Crippen molar-refractivity contribution in [2.75, 3.05) is 16.8 Å². The van der Waals surface area contributed by atoms with Crippen molar-refractivity contribution in [2.45, 2.75) is 26.3 Å². The first-order valence-corrected chi connectivity index (χ1v) is 12.2. The molecular formula is C29H27N3OS. The first kappa shape index (κ1) is 22.2. The van der Waals surface area contributed by atoms with Crippen LogP contribution in [0.2, 0.25) is 0 Å². The summed E-state index contributed by atoms with van der Waals surface area (Å²) in [5.41, 5.74) is 6.25. The van der Waals surface area contributed by atoms with Gasteiger partial charge in [0.25, 0.3) is 5.91 Å². The van der Waals surface area contributed by atoms with Gasteiger partial charge in [-0.05, 0) is 86.1 Å². The molecule has 0 radical (unpaired) electrons. The molecule has 5 heteroatoms. The number of hydrogen-bond donors (Lipinski definition) is 0. The first-order valence-electron chi connectivity index (χ1n) is 11.3. The molecular weight excluding hydrogens is 438 g/mol. The summed E-state index contributed by atoms with van der Waals surface area (Å²) in [6.45, 7) is 6.59. The summed E-state index contributed by atoms with van der Waals surface area (Å²) in [4.78, 5) is 23.0. The quantitative estimate of drug-likeness (QED) is 0.386. The molecule has 1 fully saturated rings. The summed E-state index contributed by atoms with van der Waals surface area (Å²) in [7, 11) is 2.13. The number of anilines is 2. The fourth-order valence-electron chi connectivity index (χ4n) is 4.38. The lowest BCUT2D eigenvalue weighted by Crippen LogP contribution is -2.42. The molecule has 3 aromatic carbocycles. The molecule has 2 heterocycles. The van der Waals surface area contributed by atoms with E-state index in [0.717, 1.165) is 16.9 Å². The molecule has 170 valence electrons. The second-order valence-corrected chi connectivity index (χ2v) is 10.1. The van der Waals surface area contributed by atoms with Crippen molar-refractivity contribution in [1.29, 1.82) is 0 Å². The maximum atomic E-state index is 13.5. The van der Waals surface area contributed by atoms with Crippen molar-refractivity contribution < 1.29 is 4.79 Å². The Morgan fingerprint density at radius 3 is 2.32 bits per heavy atom. The highest BCUT2D eigenvalue weighted by Gasteiger charge is 2.35. The van der Waals surface area contributed by atoms with Crippen LogP contribution in [0.3, 0.4) is 0 Å². The Morgan fingerprint density at radius 1 is 0.941 bits per heavy atom. The summed E-state index contributed by atoms with van der Waals surface area (Å²) in [5, 5.41) is 0.657. The lowest BCUT2D eigenvalue weighted by Gasteiger charge is -2.40. The van der Waals surface area contributed by atoms with Crippen LogP contribution in [-0.4, -0.2) is 23.7 Å². The Morgan fingerprint density at radius 2 is 1.62 bits per heavy atom. The smallest absolute Gasteiger partial charge is 0.271 e. The second-order valence-electron chi connectivity index (χ2n) is 9.13. The highest BCUT2D eigenvalue weighted by atomic mass is 32.2. The number of aliphatic imine (C=N–C) groups is 1.